The lowest BCUT2D eigenvalue weighted by Gasteiger charge is -2.60. The summed E-state index contributed by atoms with van der Waals surface area (Å²) in [6.45, 7) is 4.78. The molecule has 6 atom stereocenters. The third kappa shape index (κ3) is 2.27. The third-order valence-corrected chi connectivity index (χ3v) is 8.72. The molecule has 0 N–H and O–H groups in total. The normalized spacial score (nSPS) is 50.5. The fourth-order valence-corrected chi connectivity index (χ4v) is 7.23. The van der Waals surface area contributed by atoms with Crippen molar-refractivity contribution in [1.29, 1.82) is 0 Å². The number of carbonyl (C=O) groups is 2. The van der Waals surface area contributed by atoms with Crippen molar-refractivity contribution in [3.05, 3.63) is 0 Å². The number of hydrogen-bond acceptors (Lipinski definition) is 2. The second-order valence-electron chi connectivity index (χ2n) is 9.51. The fourth-order valence-electron chi connectivity index (χ4n) is 7.23. The molecule has 0 bridgehead atoms. The molecule has 4 aliphatic carbocycles. The average molecular weight is 316 g/mol. The Hall–Kier alpha value is -0.660. The van der Waals surface area contributed by atoms with Gasteiger partial charge in [-0.1, -0.05) is 13.8 Å². The average Bonchev–Trinajstić information content (AvgIpc) is 2.68. The molecule has 4 saturated carbocycles. The molecular formula is C21H32O2. The van der Waals surface area contributed by atoms with Crippen LogP contribution in [0.1, 0.15) is 84.5 Å². The Morgan fingerprint density at radius 3 is 2.48 bits per heavy atom. The highest BCUT2D eigenvalue weighted by atomic mass is 16.1. The monoisotopic (exact) mass is 316 g/mol. The lowest BCUT2D eigenvalue weighted by atomic mass is 9.44. The molecule has 0 aromatic heterocycles. The van der Waals surface area contributed by atoms with Gasteiger partial charge in [0.15, 0.2) is 0 Å². The molecule has 0 saturated heterocycles. The summed E-state index contributed by atoms with van der Waals surface area (Å²) in [5, 5.41) is 0. The predicted octanol–water partition coefficient (Wildman–Crippen LogP) is 4.95. The first kappa shape index (κ1) is 15.8. The smallest absolute Gasteiger partial charge is 0.139 e. The van der Waals surface area contributed by atoms with Gasteiger partial charge in [-0.15, -0.1) is 0 Å². The van der Waals surface area contributed by atoms with Crippen LogP contribution in [0.2, 0.25) is 0 Å². The summed E-state index contributed by atoms with van der Waals surface area (Å²) in [6, 6.07) is 0. The van der Waals surface area contributed by atoms with E-state index in [1.807, 2.05) is 0 Å². The first-order chi connectivity index (χ1) is 10.9. The van der Waals surface area contributed by atoms with Crippen LogP contribution in [0, 0.1) is 34.5 Å². The Labute approximate surface area is 140 Å². The van der Waals surface area contributed by atoms with Gasteiger partial charge in [0.05, 0.1) is 0 Å². The van der Waals surface area contributed by atoms with E-state index in [1.54, 1.807) is 0 Å². The van der Waals surface area contributed by atoms with E-state index in [2.05, 4.69) is 13.8 Å². The van der Waals surface area contributed by atoms with Gasteiger partial charge in [0.25, 0.3) is 0 Å². The fraction of sp³-hybridized carbons (Fsp3) is 0.905. The summed E-state index contributed by atoms with van der Waals surface area (Å²) in [6.07, 6.45) is 12.0. The molecule has 2 nitrogen and oxygen atoms in total. The largest absolute Gasteiger partial charge is 0.300 e. The molecule has 23 heavy (non-hydrogen) atoms. The second-order valence-corrected chi connectivity index (χ2v) is 9.51. The van der Waals surface area contributed by atoms with Gasteiger partial charge in [0.2, 0.25) is 0 Å². The summed E-state index contributed by atoms with van der Waals surface area (Å²) < 4.78 is 0. The minimum absolute atomic E-state index is 0.0246. The van der Waals surface area contributed by atoms with Gasteiger partial charge in [-0.2, -0.15) is 0 Å². The minimum atomic E-state index is -0.0246. The molecule has 0 heterocycles. The van der Waals surface area contributed by atoms with Gasteiger partial charge in [-0.05, 0) is 80.5 Å². The number of fused-ring (bicyclic) bond motifs is 5. The molecule has 0 unspecified atom stereocenters. The first-order valence-corrected chi connectivity index (χ1v) is 10.00. The standard InChI is InChI=1S/C21H32O2/c1-20-12-10-15(22)8-6-14(20)7-9-16-17-4-3-5-19(23)21(17,2)13-11-18(16)20/h14,16-18H,3-13H2,1-2H3/t14-,16+,17+,18+,20+,21+/m1/s1. The second kappa shape index (κ2) is 5.43. The molecule has 0 aliphatic heterocycles. The molecule has 128 valence electrons. The molecule has 0 amide bonds. The third-order valence-electron chi connectivity index (χ3n) is 8.72. The van der Waals surface area contributed by atoms with Gasteiger partial charge in [-0.3, -0.25) is 9.59 Å². The zero-order chi connectivity index (χ0) is 16.2. The van der Waals surface area contributed by atoms with Crippen LogP contribution in [0.15, 0.2) is 0 Å². The van der Waals surface area contributed by atoms with Crippen LogP contribution in [0.25, 0.3) is 0 Å². The van der Waals surface area contributed by atoms with Crippen molar-refractivity contribution in [3.8, 4) is 0 Å². The molecule has 2 heteroatoms. The van der Waals surface area contributed by atoms with Crippen LogP contribution in [-0.2, 0) is 9.59 Å². The van der Waals surface area contributed by atoms with E-state index in [1.165, 1.54) is 25.7 Å². The first-order valence-electron chi connectivity index (χ1n) is 10.00. The van der Waals surface area contributed by atoms with E-state index in [9.17, 15) is 9.59 Å². The van der Waals surface area contributed by atoms with Crippen LogP contribution in [0.4, 0.5) is 0 Å². The van der Waals surface area contributed by atoms with Crippen LogP contribution in [0.5, 0.6) is 0 Å². The van der Waals surface area contributed by atoms with Crippen LogP contribution < -0.4 is 0 Å². The Morgan fingerprint density at radius 2 is 1.65 bits per heavy atom. The molecule has 0 aromatic rings. The van der Waals surface area contributed by atoms with Crippen molar-refractivity contribution < 1.29 is 9.59 Å². The summed E-state index contributed by atoms with van der Waals surface area (Å²) in [4.78, 5) is 24.6. The van der Waals surface area contributed by atoms with Crippen LogP contribution >= 0.6 is 0 Å². The van der Waals surface area contributed by atoms with Crippen molar-refractivity contribution in [1.82, 2.24) is 0 Å². The number of rotatable bonds is 0. The van der Waals surface area contributed by atoms with Gasteiger partial charge in [-0.25, -0.2) is 0 Å². The van der Waals surface area contributed by atoms with E-state index in [0.717, 1.165) is 62.7 Å². The van der Waals surface area contributed by atoms with E-state index in [0.29, 0.717) is 22.9 Å². The molecule has 0 spiro atoms. The van der Waals surface area contributed by atoms with Crippen molar-refractivity contribution in [2.24, 2.45) is 34.5 Å². The van der Waals surface area contributed by atoms with Crippen molar-refractivity contribution in [2.45, 2.75) is 84.5 Å². The van der Waals surface area contributed by atoms with Gasteiger partial charge >= 0.3 is 0 Å². The summed E-state index contributed by atoms with van der Waals surface area (Å²) in [7, 11) is 0. The lowest BCUT2D eigenvalue weighted by Crippen LogP contribution is -2.55. The number of hydrogen-bond donors (Lipinski definition) is 0. The number of Topliss-reactive ketones (excluding diaryl/α,β-unsaturated/α-hetero) is 2. The summed E-state index contributed by atoms with van der Waals surface area (Å²) in [5.74, 6) is 3.92. The maximum absolute atomic E-state index is 12.6. The Morgan fingerprint density at radius 1 is 0.826 bits per heavy atom. The topological polar surface area (TPSA) is 34.1 Å². The summed E-state index contributed by atoms with van der Waals surface area (Å²) in [5.41, 5.74) is 0.333. The quantitative estimate of drug-likeness (QED) is 0.634. The summed E-state index contributed by atoms with van der Waals surface area (Å²) >= 11 is 0. The van der Waals surface area contributed by atoms with Crippen molar-refractivity contribution in [3.63, 3.8) is 0 Å². The van der Waals surface area contributed by atoms with Crippen molar-refractivity contribution >= 4 is 11.6 Å². The number of ketones is 2. The van der Waals surface area contributed by atoms with E-state index < -0.39 is 0 Å². The molecule has 4 aliphatic rings. The highest BCUT2D eigenvalue weighted by Gasteiger charge is 2.58. The molecule has 4 rings (SSSR count). The van der Waals surface area contributed by atoms with Crippen LogP contribution in [0.3, 0.4) is 0 Å². The zero-order valence-corrected chi connectivity index (χ0v) is 14.9. The highest BCUT2D eigenvalue weighted by Crippen LogP contribution is 2.64. The van der Waals surface area contributed by atoms with Crippen LogP contribution in [-0.4, -0.2) is 11.6 Å². The maximum Gasteiger partial charge on any atom is 0.139 e. The SMILES string of the molecule is C[C@]12CCC(=O)CC[C@@H]1CC[C@@H]1[C@@H]2CC[C@]2(C)C(=O)CCC[C@@H]12. The van der Waals surface area contributed by atoms with Gasteiger partial charge in [0, 0.05) is 24.7 Å². The Bertz CT molecular complexity index is 524. The Kier molecular flexibility index (Phi) is 3.74. The molecule has 0 radical (unpaired) electrons. The Balaban J connectivity index is 1.65. The molecule has 4 fully saturated rings. The van der Waals surface area contributed by atoms with E-state index >= 15 is 0 Å². The van der Waals surface area contributed by atoms with E-state index in [-0.39, 0.29) is 5.41 Å². The number of carbonyl (C=O) groups excluding carboxylic acids is 2. The maximum atomic E-state index is 12.6. The van der Waals surface area contributed by atoms with Gasteiger partial charge < -0.3 is 0 Å². The minimum Gasteiger partial charge on any atom is -0.300 e. The van der Waals surface area contributed by atoms with Crippen molar-refractivity contribution in [2.75, 3.05) is 0 Å². The molecular weight excluding hydrogens is 284 g/mol. The highest BCUT2D eigenvalue weighted by molar-refractivity contribution is 5.85. The molecule has 0 aromatic carbocycles. The lowest BCUT2D eigenvalue weighted by molar-refractivity contribution is -0.152. The predicted molar refractivity (Wildman–Crippen MR) is 91.0 cm³/mol. The van der Waals surface area contributed by atoms with Gasteiger partial charge in [0.1, 0.15) is 11.6 Å². The zero-order valence-electron chi connectivity index (χ0n) is 14.9. The van der Waals surface area contributed by atoms with E-state index in [4.69, 9.17) is 0 Å².